The van der Waals surface area contributed by atoms with E-state index < -0.39 is 12.2 Å². The highest BCUT2D eigenvalue weighted by molar-refractivity contribution is 5.85. The third-order valence-electron chi connectivity index (χ3n) is 2.71. The minimum atomic E-state index is -4.42. The fraction of sp³-hybridized carbons (Fsp3) is 0.143. The van der Waals surface area contributed by atoms with Crippen molar-refractivity contribution in [3.05, 3.63) is 60.2 Å². The van der Waals surface area contributed by atoms with Gasteiger partial charge in [-0.15, -0.1) is 12.4 Å². The van der Waals surface area contributed by atoms with Crippen LogP contribution in [0.3, 0.4) is 0 Å². The van der Waals surface area contributed by atoms with Crippen molar-refractivity contribution >= 4 is 12.4 Å². The van der Waals surface area contributed by atoms with Gasteiger partial charge in [-0.3, -0.25) is 0 Å². The molecule has 0 bridgehead atoms. The molecule has 1 nitrogen and oxygen atoms in total. The van der Waals surface area contributed by atoms with Crippen molar-refractivity contribution in [1.82, 2.24) is 0 Å². The monoisotopic (exact) mass is 287 g/mol. The van der Waals surface area contributed by atoms with Crippen molar-refractivity contribution in [2.75, 3.05) is 0 Å². The van der Waals surface area contributed by atoms with E-state index in [9.17, 15) is 13.2 Å². The van der Waals surface area contributed by atoms with E-state index in [1.54, 1.807) is 12.1 Å². The molecule has 0 fully saturated rings. The van der Waals surface area contributed by atoms with Gasteiger partial charge in [-0.1, -0.05) is 48.5 Å². The van der Waals surface area contributed by atoms with Crippen LogP contribution in [-0.2, 0) is 0 Å². The molecule has 0 saturated heterocycles. The van der Waals surface area contributed by atoms with E-state index >= 15 is 0 Å². The molecular formula is C14H13ClF3N. The summed E-state index contributed by atoms with van der Waals surface area (Å²) >= 11 is 0. The molecule has 0 saturated carbocycles. The Labute approximate surface area is 115 Å². The Morgan fingerprint density at radius 2 is 1.42 bits per heavy atom. The molecule has 2 aromatic rings. The van der Waals surface area contributed by atoms with E-state index in [1.165, 1.54) is 12.1 Å². The Morgan fingerprint density at radius 3 is 2.00 bits per heavy atom. The predicted molar refractivity (Wildman–Crippen MR) is 72.1 cm³/mol. The van der Waals surface area contributed by atoms with Gasteiger partial charge in [0.2, 0.25) is 0 Å². The van der Waals surface area contributed by atoms with Gasteiger partial charge in [0.15, 0.2) is 0 Å². The van der Waals surface area contributed by atoms with Crippen LogP contribution in [0.4, 0.5) is 13.2 Å². The topological polar surface area (TPSA) is 26.0 Å². The number of nitrogens with two attached hydrogens (primary N) is 1. The fourth-order valence-electron chi connectivity index (χ4n) is 1.73. The molecule has 0 spiro atoms. The average Bonchev–Trinajstić information content (AvgIpc) is 2.38. The highest BCUT2D eigenvalue weighted by Gasteiger charge is 2.37. The Bertz CT molecular complexity index is 526. The van der Waals surface area contributed by atoms with Crippen molar-refractivity contribution < 1.29 is 13.2 Å². The molecule has 0 radical (unpaired) electrons. The molecule has 0 aliphatic heterocycles. The highest BCUT2D eigenvalue weighted by atomic mass is 35.5. The van der Waals surface area contributed by atoms with Gasteiger partial charge >= 0.3 is 6.18 Å². The summed E-state index contributed by atoms with van der Waals surface area (Å²) < 4.78 is 37.6. The lowest BCUT2D eigenvalue weighted by molar-refractivity contribution is -0.149. The van der Waals surface area contributed by atoms with Crippen LogP contribution in [0.2, 0.25) is 0 Å². The van der Waals surface area contributed by atoms with Crippen molar-refractivity contribution in [1.29, 1.82) is 0 Å². The summed E-state index contributed by atoms with van der Waals surface area (Å²) in [5.74, 6) is 0. The van der Waals surface area contributed by atoms with E-state index in [4.69, 9.17) is 5.73 Å². The SMILES string of the molecule is Cl.N[C@@H](c1cccc(-c2ccccc2)c1)C(F)(F)F. The second kappa shape index (κ2) is 6.08. The van der Waals surface area contributed by atoms with Crippen LogP contribution < -0.4 is 5.73 Å². The van der Waals surface area contributed by atoms with Gasteiger partial charge in [-0.25, -0.2) is 0 Å². The smallest absolute Gasteiger partial charge is 0.316 e. The maximum atomic E-state index is 12.5. The molecule has 2 aromatic carbocycles. The van der Waals surface area contributed by atoms with Crippen LogP contribution in [0.25, 0.3) is 11.1 Å². The first kappa shape index (κ1) is 15.5. The Kier molecular flexibility index (Phi) is 4.97. The Balaban J connectivity index is 0.00000180. The standard InChI is InChI=1S/C14H12F3N.ClH/c15-14(16,17)13(18)12-8-4-7-11(9-12)10-5-2-1-3-6-10;/h1-9,13H,18H2;1H/t13-;/m0./s1. The third kappa shape index (κ3) is 3.72. The number of alkyl halides is 3. The van der Waals surface area contributed by atoms with Crippen molar-refractivity contribution in [2.24, 2.45) is 5.73 Å². The highest BCUT2D eigenvalue weighted by Crippen LogP contribution is 2.32. The second-order valence-electron chi connectivity index (χ2n) is 4.01. The predicted octanol–water partition coefficient (Wildman–Crippen LogP) is 4.34. The molecule has 0 aliphatic rings. The maximum Gasteiger partial charge on any atom is 0.407 e. The molecule has 2 rings (SSSR count). The van der Waals surface area contributed by atoms with Gasteiger partial charge in [-0.2, -0.15) is 13.2 Å². The third-order valence-corrected chi connectivity index (χ3v) is 2.71. The first-order valence-electron chi connectivity index (χ1n) is 5.46. The van der Waals surface area contributed by atoms with E-state index in [-0.39, 0.29) is 18.0 Å². The summed E-state index contributed by atoms with van der Waals surface area (Å²) in [5, 5.41) is 0. The summed E-state index contributed by atoms with van der Waals surface area (Å²) in [4.78, 5) is 0. The van der Waals surface area contributed by atoms with Gasteiger partial charge in [0.05, 0.1) is 0 Å². The minimum absolute atomic E-state index is 0. The molecule has 0 aromatic heterocycles. The fourth-order valence-corrected chi connectivity index (χ4v) is 1.73. The number of rotatable bonds is 2. The molecule has 0 amide bonds. The van der Waals surface area contributed by atoms with Crippen LogP contribution >= 0.6 is 12.4 Å². The van der Waals surface area contributed by atoms with Gasteiger partial charge in [0, 0.05) is 0 Å². The van der Waals surface area contributed by atoms with E-state index in [1.807, 2.05) is 30.3 Å². The Hall–Kier alpha value is -1.52. The Morgan fingerprint density at radius 1 is 0.842 bits per heavy atom. The zero-order chi connectivity index (χ0) is 13.2. The first-order valence-corrected chi connectivity index (χ1v) is 5.46. The molecule has 1 atom stereocenters. The quantitative estimate of drug-likeness (QED) is 0.874. The lowest BCUT2D eigenvalue weighted by Gasteiger charge is -2.16. The summed E-state index contributed by atoms with van der Waals surface area (Å²) in [6.45, 7) is 0. The van der Waals surface area contributed by atoms with Gasteiger partial charge in [0.1, 0.15) is 6.04 Å². The lowest BCUT2D eigenvalue weighted by Crippen LogP contribution is -2.28. The number of halogens is 4. The van der Waals surface area contributed by atoms with Crippen LogP contribution in [0.5, 0.6) is 0 Å². The van der Waals surface area contributed by atoms with Gasteiger partial charge < -0.3 is 5.73 Å². The molecule has 5 heteroatoms. The zero-order valence-electron chi connectivity index (χ0n) is 9.89. The van der Waals surface area contributed by atoms with Crippen LogP contribution in [0, 0.1) is 0 Å². The summed E-state index contributed by atoms with van der Waals surface area (Å²) in [6.07, 6.45) is -4.42. The number of hydrogen-bond acceptors (Lipinski definition) is 1. The van der Waals surface area contributed by atoms with E-state index in [0.29, 0.717) is 0 Å². The molecule has 0 unspecified atom stereocenters. The molecule has 102 valence electrons. The average molecular weight is 288 g/mol. The molecule has 19 heavy (non-hydrogen) atoms. The summed E-state index contributed by atoms with van der Waals surface area (Å²) in [6, 6.07) is 13.5. The normalized spacial score (nSPS) is 12.6. The summed E-state index contributed by atoms with van der Waals surface area (Å²) in [7, 11) is 0. The zero-order valence-corrected chi connectivity index (χ0v) is 10.7. The van der Waals surface area contributed by atoms with Crippen molar-refractivity contribution in [3.8, 4) is 11.1 Å². The lowest BCUT2D eigenvalue weighted by atomic mass is 10.00. The number of benzene rings is 2. The molecule has 0 heterocycles. The van der Waals surface area contributed by atoms with Gasteiger partial charge in [-0.05, 0) is 22.8 Å². The van der Waals surface area contributed by atoms with E-state index in [0.717, 1.165) is 11.1 Å². The van der Waals surface area contributed by atoms with Crippen LogP contribution in [-0.4, -0.2) is 6.18 Å². The molecule has 0 aliphatic carbocycles. The molecular weight excluding hydrogens is 275 g/mol. The number of hydrogen-bond donors (Lipinski definition) is 1. The largest absolute Gasteiger partial charge is 0.407 e. The molecule has 2 N–H and O–H groups in total. The van der Waals surface area contributed by atoms with Crippen molar-refractivity contribution in [2.45, 2.75) is 12.2 Å². The van der Waals surface area contributed by atoms with E-state index in [2.05, 4.69) is 0 Å². The first-order chi connectivity index (χ1) is 8.48. The van der Waals surface area contributed by atoms with Crippen LogP contribution in [0.1, 0.15) is 11.6 Å². The van der Waals surface area contributed by atoms with Gasteiger partial charge in [0.25, 0.3) is 0 Å². The van der Waals surface area contributed by atoms with Crippen molar-refractivity contribution in [3.63, 3.8) is 0 Å². The van der Waals surface area contributed by atoms with Crippen LogP contribution in [0.15, 0.2) is 54.6 Å². The summed E-state index contributed by atoms with van der Waals surface area (Å²) in [5.41, 5.74) is 6.87. The second-order valence-corrected chi connectivity index (χ2v) is 4.01. The maximum absolute atomic E-state index is 12.5. The minimum Gasteiger partial charge on any atom is -0.316 e.